The second kappa shape index (κ2) is 4.41. The summed E-state index contributed by atoms with van der Waals surface area (Å²) in [6, 6.07) is 10.7. The minimum absolute atomic E-state index is 0.0283. The Morgan fingerprint density at radius 1 is 1.10 bits per heavy atom. The third kappa shape index (κ3) is 1.98. The van der Waals surface area contributed by atoms with Gasteiger partial charge in [-0.1, -0.05) is 12.1 Å². The molecule has 2 aliphatic rings. The zero-order valence-electron chi connectivity index (χ0n) is 11.1. The van der Waals surface area contributed by atoms with Gasteiger partial charge in [-0.15, -0.1) is 0 Å². The molecule has 2 aromatic rings. The first-order valence-electron chi connectivity index (χ1n) is 6.73. The molecule has 4 rings (SSSR count). The van der Waals surface area contributed by atoms with E-state index in [4.69, 9.17) is 9.47 Å². The average Bonchev–Trinajstić information content (AvgIpc) is 2.92. The van der Waals surface area contributed by atoms with Crippen molar-refractivity contribution in [1.29, 1.82) is 0 Å². The van der Waals surface area contributed by atoms with Gasteiger partial charge in [0.15, 0.2) is 11.5 Å². The molecule has 1 atom stereocenters. The van der Waals surface area contributed by atoms with Gasteiger partial charge in [-0.05, 0) is 29.3 Å². The first-order valence-corrected chi connectivity index (χ1v) is 6.73. The van der Waals surface area contributed by atoms with Gasteiger partial charge in [0.1, 0.15) is 5.75 Å². The van der Waals surface area contributed by atoms with Gasteiger partial charge in [0.05, 0.1) is 0 Å². The summed E-state index contributed by atoms with van der Waals surface area (Å²) < 4.78 is 10.8. The maximum Gasteiger partial charge on any atom is 0.231 e. The second-order valence-corrected chi connectivity index (χ2v) is 5.19. The van der Waals surface area contributed by atoms with E-state index in [9.17, 15) is 9.90 Å². The largest absolute Gasteiger partial charge is 0.508 e. The van der Waals surface area contributed by atoms with Gasteiger partial charge >= 0.3 is 0 Å². The highest BCUT2D eigenvalue weighted by Gasteiger charge is 2.29. The lowest BCUT2D eigenvalue weighted by atomic mass is 9.84. The predicted molar refractivity (Wildman–Crippen MR) is 75.8 cm³/mol. The molecule has 0 fully saturated rings. The van der Waals surface area contributed by atoms with E-state index in [1.807, 2.05) is 24.3 Å². The number of amides is 1. The fourth-order valence-electron chi connectivity index (χ4n) is 2.85. The fourth-order valence-corrected chi connectivity index (χ4v) is 2.85. The summed E-state index contributed by atoms with van der Waals surface area (Å²) >= 11 is 0. The molecule has 5 heteroatoms. The summed E-state index contributed by atoms with van der Waals surface area (Å²) in [5.41, 5.74) is 2.75. The van der Waals surface area contributed by atoms with Crippen molar-refractivity contribution in [3.63, 3.8) is 0 Å². The average molecular weight is 283 g/mol. The molecule has 0 saturated carbocycles. The third-order valence-corrected chi connectivity index (χ3v) is 3.88. The van der Waals surface area contributed by atoms with E-state index in [0.29, 0.717) is 17.9 Å². The van der Waals surface area contributed by atoms with Crippen molar-refractivity contribution in [3.8, 4) is 17.2 Å². The minimum atomic E-state index is -0.0520. The van der Waals surface area contributed by atoms with E-state index >= 15 is 0 Å². The van der Waals surface area contributed by atoms with Crippen molar-refractivity contribution in [1.82, 2.24) is 0 Å². The zero-order valence-corrected chi connectivity index (χ0v) is 11.1. The van der Waals surface area contributed by atoms with Gasteiger partial charge in [0, 0.05) is 24.1 Å². The van der Waals surface area contributed by atoms with Crippen molar-refractivity contribution < 1.29 is 19.4 Å². The topological polar surface area (TPSA) is 67.8 Å². The molecule has 0 aromatic heterocycles. The molecule has 2 aliphatic heterocycles. The number of phenolic OH excluding ortho intramolecular Hbond substituents is 1. The van der Waals surface area contributed by atoms with Crippen LogP contribution in [0.15, 0.2) is 36.4 Å². The molecule has 0 aliphatic carbocycles. The molecule has 2 aromatic carbocycles. The molecule has 0 saturated heterocycles. The second-order valence-electron chi connectivity index (χ2n) is 5.19. The Hall–Kier alpha value is -2.69. The number of benzene rings is 2. The Labute approximate surface area is 121 Å². The van der Waals surface area contributed by atoms with Crippen molar-refractivity contribution in [2.24, 2.45) is 0 Å². The molecule has 0 spiro atoms. The number of carbonyl (C=O) groups is 1. The highest BCUT2D eigenvalue weighted by atomic mass is 16.7. The van der Waals surface area contributed by atoms with Gasteiger partial charge in [-0.25, -0.2) is 0 Å². The summed E-state index contributed by atoms with van der Waals surface area (Å²) in [6.45, 7) is 0.204. The third-order valence-electron chi connectivity index (χ3n) is 3.88. The van der Waals surface area contributed by atoms with E-state index < -0.39 is 0 Å². The number of anilines is 1. The van der Waals surface area contributed by atoms with Crippen LogP contribution in [0.4, 0.5) is 5.69 Å². The van der Waals surface area contributed by atoms with Crippen LogP contribution in [0.1, 0.15) is 23.5 Å². The number of nitrogens with one attached hydrogen (secondary N) is 1. The summed E-state index contributed by atoms with van der Waals surface area (Å²) in [7, 11) is 0. The van der Waals surface area contributed by atoms with Crippen LogP contribution in [0.2, 0.25) is 0 Å². The van der Waals surface area contributed by atoms with Gasteiger partial charge in [-0.3, -0.25) is 4.79 Å². The Morgan fingerprint density at radius 2 is 1.81 bits per heavy atom. The molecule has 1 amide bonds. The van der Waals surface area contributed by atoms with Crippen molar-refractivity contribution in [2.45, 2.75) is 12.3 Å². The molecule has 2 N–H and O–H groups in total. The van der Waals surface area contributed by atoms with Crippen LogP contribution in [0, 0.1) is 0 Å². The molecular weight excluding hydrogens is 270 g/mol. The maximum atomic E-state index is 11.9. The molecular formula is C16H13NO4. The SMILES string of the molecule is O=C1C[C@@H](c2ccc(O)cc2)c2cc3c(cc2N1)OCO3. The molecule has 106 valence electrons. The standard InChI is InChI=1S/C16H13NO4/c18-10-3-1-9(2-4-10)11-6-16(19)17-13-7-15-14(5-12(11)13)20-8-21-15/h1-5,7,11,18H,6,8H2,(H,17,19)/t11-/m0/s1. The van der Waals surface area contributed by atoms with Crippen LogP contribution in [0.25, 0.3) is 0 Å². The minimum Gasteiger partial charge on any atom is -0.508 e. The van der Waals surface area contributed by atoms with Crippen LogP contribution in [0.3, 0.4) is 0 Å². The van der Waals surface area contributed by atoms with Gasteiger partial charge in [-0.2, -0.15) is 0 Å². The number of hydrogen-bond donors (Lipinski definition) is 2. The highest BCUT2D eigenvalue weighted by Crippen LogP contribution is 2.44. The fraction of sp³-hybridized carbons (Fsp3) is 0.188. The van der Waals surface area contributed by atoms with Crippen LogP contribution >= 0.6 is 0 Å². The van der Waals surface area contributed by atoms with Gasteiger partial charge in [0.25, 0.3) is 0 Å². The predicted octanol–water partition coefficient (Wildman–Crippen LogP) is 2.59. The van der Waals surface area contributed by atoms with Crippen LogP contribution in [-0.4, -0.2) is 17.8 Å². The van der Waals surface area contributed by atoms with Crippen molar-refractivity contribution >= 4 is 11.6 Å². The summed E-state index contributed by atoms with van der Waals surface area (Å²) in [4.78, 5) is 11.9. The summed E-state index contributed by atoms with van der Waals surface area (Å²) in [5, 5.41) is 12.3. The lowest BCUT2D eigenvalue weighted by molar-refractivity contribution is -0.116. The highest BCUT2D eigenvalue weighted by molar-refractivity contribution is 5.96. The monoisotopic (exact) mass is 283 g/mol. The number of aromatic hydroxyl groups is 1. The molecule has 0 radical (unpaired) electrons. The molecule has 0 bridgehead atoms. The van der Waals surface area contributed by atoms with Crippen LogP contribution in [0.5, 0.6) is 17.2 Å². The van der Waals surface area contributed by atoms with Gasteiger partial charge in [0.2, 0.25) is 12.7 Å². The zero-order chi connectivity index (χ0) is 14.4. The first kappa shape index (κ1) is 12.1. The van der Waals surface area contributed by atoms with E-state index in [1.165, 1.54) is 0 Å². The smallest absolute Gasteiger partial charge is 0.231 e. The number of rotatable bonds is 1. The van der Waals surface area contributed by atoms with Crippen LogP contribution in [-0.2, 0) is 4.79 Å². The number of fused-ring (bicyclic) bond motifs is 2. The normalized spacial score (nSPS) is 19.0. The van der Waals surface area contributed by atoms with E-state index in [1.54, 1.807) is 12.1 Å². The molecule has 0 unspecified atom stereocenters. The Bertz CT molecular complexity index is 724. The molecule has 2 heterocycles. The van der Waals surface area contributed by atoms with Crippen LogP contribution < -0.4 is 14.8 Å². The lowest BCUT2D eigenvalue weighted by Crippen LogP contribution is -2.23. The quantitative estimate of drug-likeness (QED) is 0.844. The Balaban J connectivity index is 1.83. The van der Waals surface area contributed by atoms with Crippen molar-refractivity contribution in [2.75, 3.05) is 12.1 Å². The first-order chi connectivity index (χ1) is 10.2. The Kier molecular flexibility index (Phi) is 2.54. The van der Waals surface area contributed by atoms with Crippen molar-refractivity contribution in [3.05, 3.63) is 47.5 Å². The number of ether oxygens (including phenoxy) is 2. The maximum absolute atomic E-state index is 11.9. The number of hydrogen-bond acceptors (Lipinski definition) is 4. The Morgan fingerprint density at radius 3 is 2.57 bits per heavy atom. The van der Waals surface area contributed by atoms with E-state index in [2.05, 4.69) is 5.32 Å². The summed E-state index contributed by atoms with van der Waals surface area (Å²) in [5.74, 6) is 1.49. The lowest BCUT2D eigenvalue weighted by Gasteiger charge is -2.26. The molecule has 21 heavy (non-hydrogen) atoms. The van der Waals surface area contributed by atoms with Gasteiger partial charge < -0.3 is 19.9 Å². The van der Waals surface area contributed by atoms with E-state index in [-0.39, 0.29) is 24.4 Å². The number of phenols is 1. The molecule has 5 nitrogen and oxygen atoms in total. The number of carbonyl (C=O) groups excluding carboxylic acids is 1. The van der Waals surface area contributed by atoms with E-state index in [0.717, 1.165) is 16.8 Å². The summed E-state index contributed by atoms with van der Waals surface area (Å²) in [6.07, 6.45) is 0.372.